The molecule has 0 unspecified atom stereocenters. The summed E-state index contributed by atoms with van der Waals surface area (Å²) < 4.78 is 6.93. The first-order valence-corrected chi connectivity index (χ1v) is 5.48. The number of carboxylic acid groups (broad SMARTS) is 1. The lowest BCUT2D eigenvalue weighted by molar-refractivity contribution is 0.0697. The minimum atomic E-state index is -0.972. The summed E-state index contributed by atoms with van der Waals surface area (Å²) >= 11 is 0. The van der Waals surface area contributed by atoms with Crippen LogP contribution in [-0.4, -0.2) is 28.0 Å². The fourth-order valence-electron chi connectivity index (χ4n) is 1.86. The third-order valence-electron chi connectivity index (χ3n) is 2.66. The highest BCUT2D eigenvalue weighted by atomic mass is 16.5. The first-order valence-electron chi connectivity index (χ1n) is 5.48. The highest BCUT2D eigenvalue weighted by Gasteiger charge is 2.13. The van der Waals surface area contributed by atoms with Crippen molar-refractivity contribution in [3.05, 3.63) is 41.2 Å². The van der Waals surface area contributed by atoms with Crippen LogP contribution in [0.5, 0.6) is 5.75 Å². The molecule has 0 saturated heterocycles. The molecule has 0 atom stereocenters. The van der Waals surface area contributed by atoms with Crippen LogP contribution in [-0.2, 0) is 0 Å². The second-order valence-electron chi connectivity index (χ2n) is 4.03. The Labute approximate surface area is 105 Å². The van der Waals surface area contributed by atoms with E-state index in [0.29, 0.717) is 11.4 Å². The summed E-state index contributed by atoms with van der Waals surface area (Å²) in [5.74, 6) is -0.383. The van der Waals surface area contributed by atoms with Crippen LogP contribution in [0.4, 0.5) is 0 Å². The van der Waals surface area contributed by atoms with Crippen molar-refractivity contribution in [2.24, 2.45) is 0 Å². The first kappa shape index (κ1) is 12.2. The molecule has 0 aliphatic carbocycles. The van der Waals surface area contributed by atoms with Gasteiger partial charge in [-0.15, -0.1) is 0 Å². The Morgan fingerprint density at radius 1 is 1.33 bits per heavy atom. The molecule has 5 nitrogen and oxygen atoms in total. The van der Waals surface area contributed by atoms with E-state index in [1.807, 2.05) is 19.9 Å². The second kappa shape index (κ2) is 4.52. The molecule has 94 valence electrons. The van der Waals surface area contributed by atoms with Crippen molar-refractivity contribution in [3.63, 3.8) is 0 Å². The quantitative estimate of drug-likeness (QED) is 0.901. The number of aromatic carboxylic acids is 1. The zero-order chi connectivity index (χ0) is 13.3. The summed E-state index contributed by atoms with van der Waals surface area (Å²) in [5.41, 5.74) is 2.63. The molecule has 0 spiro atoms. The van der Waals surface area contributed by atoms with Crippen molar-refractivity contribution in [1.82, 2.24) is 9.78 Å². The average Bonchev–Trinajstić information content (AvgIpc) is 2.67. The van der Waals surface area contributed by atoms with Gasteiger partial charge in [0.05, 0.1) is 18.4 Å². The maximum atomic E-state index is 11.0. The number of rotatable bonds is 3. The van der Waals surface area contributed by atoms with Gasteiger partial charge >= 0.3 is 5.97 Å². The van der Waals surface area contributed by atoms with Gasteiger partial charge in [0.25, 0.3) is 0 Å². The van der Waals surface area contributed by atoms with Gasteiger partial charge in [-0.05, 0) is 38.1 Å². The highest BCUT2D eigenvalue weighted by Crippen LogP contribution is 2.25. The van der Waals surface area contributed by atoms with Crippen molar-refractivity contribution in [2.75, 3.05) is 7.11 Å². The van der Waals surface area contributed by atoms with Crippen molar-refractivity contribution in [1.29, 1.82) is 0 Å². The highest BCUT2D eigenvalue weighted by molar-refractivity contribution is 5.88. The standard InChI is InChI=1S/C13H14N2O3/c1-8-6-9(2)15(14-8)11-7-10(13(16)17)4-5-12(11)18-3/h4-7H,1-3H3,(H,16,17). The summed E-state index contributed by atoms with van der Waals surface area (Å²) in [6.07, 6.45) is 0. The van der Waals surface area contributed by atoms with Gasteiger partial charge in [-0.1, -0.05) is 0 Å². The number of aromatic nitrogens is 2. The Hall–Kier alpha value is -2.30. The Bertz CT molecular complexity index is 602. The summed E-state index contributed by atoms with van der Waals surface area (Å²) in [5, 5.41) is 13.4. The van der Waals surface area contributed by atoms with Gasteiger partial charge in [0, 0.05) is 5.69 Å². The normalized spacial score (nSPS) is 10.4. The van der Waals surface area contributed by atoms with Gasteiger partial charge in [0.2, 0.25) is 0 Å². The van der Waals surface area contributed by atoms with Gasteiger partial charge < -0.3 is 9.84 Å². The average molecular weight is 246 g/mol. The van der Waals surface area contributed by atoms with Crippen molar-refractivity contribution < 1.29 is 14.6 Å². The summed E-state index contributed by atoms with van der Waals surface area (Å²) in [4.78, 5) is 11.0. The molecule has 18 heavy (non-hydrogen) atoms. The molecule has 0 saturated carbocycles. The molecule has 0 amide bonds. The van der Waals surface area contributed by atoms with E-state index in [1.54, 1.807) is 23.9 Å². The fraction of sp³-hybridized carbons (Fsp3) is 0.231. The maximum Gasteiger partial charge on any atom is 0.335 e. The first-order chi connectivity index (χ1) is 8.52. The van der Waals surface area contributed by atoms with E-state index in [9.17, 15) is 4.79 Å². The topological polar surface area (TPSA) is 64.3 Å². The van der Waals surface area contributed by atoms with E-state index in [1.165, 1.54) is 6.07 Å². The van der Waals surface area contributed by atoms with Crippen LogP contribution in [0.15, 0.2) is 24.3 Å². The van der Waals surface area contributed by atoms with Gasteiger partial charge in [-0.25, -0.2) is 9.48 Å². The number of carboxylic acids is 1. The van der Waals surface area contributed by atoms with Crippen LogP contribution >= 0.6 is 0 Å². The lowest BCUT2D eigenvalue weighted by atomic mass is 10.2. The van der Waals surface area contributed by atoms with Gasteiger partial charge in [-0.3, -0.25) is 0 Å². The zero-order valence-electron chi connectivity index (χ0n) is 10.5. The molecule has 1 aromatic heterocycles. The number of aryl methyl sites for hydroxylation is 2. The number of carbonyl (C=O) groups is 1. The lowest BCUT2D eigenvalue weighted by Gasteiger charge is -2.11. The number of nitrogens with zero attached hydrogens (tertiary/aromatic N) is 2. The number of hydrogen-bond acceptors (Lipinski definition) is 3. The van der Waals surface area contributed by atoms with E-state index in [-0.39, 0.29) is 5.56 Å². The van der Waals surface area contributed by atoms with E-state index in [0.717, 1.165) is 11.4 Å². The van der Waals surface area contributed by atoms with E-state index in [2.05, 4.69) is 5.10 Å². The minimum Gasteiger partial charge on any atom is -0.494 e. The predicted octanol–water partition coefficient (Wildman–Crippen LogP) is 2.20. The summed E-state index contributed by atoms with van der Waals surface area (Å²) in [6, 6.07) is 6.62. The van der Waals surface area contributed by atoms with Gasteiger partial charge in [-0.2, -0.15) is 5.10 Å². The molecule has 0 fully saturated rings. The van der Waals surface area contributed by atoms with Crippen molar-refractivity contribution in [3.8, 4) is 11.4 Å². The lowest BCUT2D eigenvalue weighted by Crippen LogP contribution is -2.05. The third kappa shape index (κ3) is 2.07. The van der Waals surface area contributed by atoms with Gasteiger partial charge in [0.15, 0.2) is 0 Å². The Balaban J connectivity index is 2.64. The Morgan fingerprint density at radius 2 is 2.06 bits per heavy atom. The second-order valence-corrected chi connectivity index (χ2v) is 4.03. The maximum absolute atomic E-state index is 11.0. The van der Waals surface area contributed by atoms with Crippen molar-refractivity contribution >= 4 is 5.97 Å². The zero-order valence-corrected chi connectivity index (χ0v) is 10.5. The van der Waals surface area contributed by atoms with E-state index >= 15 is 0 Å². The van der Waals surface area contributed by atoms with Crippen LogP contribution in [0.25, 0.3) is 5.69 Å². The van der Waals surface area contributed by atoms with Crippen LogP contribution < -0.4 is 4.74 Å². The summed E-state index contributed by atoms with van der Waals surface area (Å²) in [7, 11) is 1.55. The molecular weight excluding hydrogens is 232 g/mol. The summed E-state index contributed by atoms with van der Waals surface area (Å²) in [6.45, 7) is 3.80. The fourth-order valence-corrected chi connectivity index (χ4v) is 1.86. The number of benzene rings is 1. The monoisotopic (exact) mass is 246 g/mol. The molecule has 2 aromatic rings. The molecule has 0 bridgehead atoms. The molecule has 1 aromatic carbocycles. The van der Waals surface area contributed by atoms with Gasteiger partial charge in [0.1, 0.15) is 11.4 Å². The number of hydrogen-bond donors (Lipinski definition) is 1. The molecule has 5 heteroatoms. The Morgan fingerprint density at radius 3 is 2.56 bits per heavy atom. The van der Waals surface area contributed by atoms with Crippen LogP contribution in [0.1, 0.15) is 21.7 Å². The molecule has 0 aliphatic rings. The van der Waals surface area contributed by atoms with Crippen LogP contribution in [0.3, 0.4) is 0 Å². The number of ether oxygens (including phenoxy) is 1. The predicted molar refractivity (Wildman–Crippen MR) is 66.5 cm³/mol. The third-order valence-corrected chi connectivity index (χ3v) is 2.66. The smallest absolute Gasteiger partial charge is 0.335 e. The molecule has 0 aliphatic heterocycles. The number of methoxy groups -OCH3 is 1. The van der Waals surface area contributed by atoms with Crippen molar-refractivity contribution in [2.45, 2.75) is 13.8 Å². The van der Waals surface area contributed by atoms with Crippen LogP contribution in [0.2, 0.25) is 0 Å². The molecule has 2 rings (SSSR count). The minimum absolute atomic E-state index is 0.207. The van der Waals surface area contributed by atoms with E-state index in [4.69, 9.17) is 9.84 Å². The molecule has 0 radical (unpaired) electrons. The largest absolute Gasteiger partial charge is 0.494 e. The van der Waals surface area contributed by atoms with E-state index < -0.39 is 5.97 Å². The Kier molecular flexibility index (Phi) is 3.06. The van der Waals surface area contributed by atoms with Crippen LogP contribution in [0, 0.1) is 13.8 Å². The SMILES string of the molecule is COc1ccc(C(=O)O)cc1-n1nc(C)cc1C. The molecule has 1 heterocycles. The molecular formula is C13H14N2O3. The molecule has 1 N–H and O–H groups in total.